The average molecular weight is 268 g/mol. The van der Waals surface area contributed by atoms with Crippen molar-refractivity contribution in [2.75, 3.05) is 26.2 Å². The highest BCUT2D eigenvalue weighted by Gasteiger charge is 2.34. The van der Waals surface area contributed by atoms with E-state index in [0.717, 1.165) is 12.5 Å². The normalized spacial score (nSPS) is 23.1. The molecule has 0 aromatic rings. The molecule has 2 nitrogen and oxygen atoms in total. The van der Waals surface area contributed by atoms with Gasteiger partial charge in [-0.3, -0.25) is 0 Å². The van der Waals surface area contributed by atoms with Crippen LogP contribution < -0.4 is 5.32 Å². The molecular weight excluding hydrogens is 232 g/mol. The van der Waals surface area contributed by atoms with Gasteiger partial charge in [-0.1, -0.05) is 34.6 Å². The maximum absolute atomic E-state index is 3.65. The molecule has 114 valence electrons. The van der Waals surface area contributed by atoms with E-state index in [0.29, 0.717) is 10.8 Å². The van der Waals surface area contributed by atoms with Crippen LogP contribution in [0.15, 0.2) is 0 Å². The lowest BCUT2D eigenvalue weighted by molar-refractivity contribution is 0.170. The van der Waals surface area contributed by atoms with Crippen molar-refractivity contribution in [3.63, 3.8) is 0 Å². The average Bonchev–Trinajstić information content (AvgIpc) is 2.61. The zero-order chi connectivity index (χ0) is 14.9. The van der Waals surface area contributed by atoms with E-state index in [-0.39, 0.29) is 5.54 Å². The Kier molecular flexibility index (Phi) is 5.12. The van der Waals surface area contributed by atoms with Gasteiger partial charge >= 0.3 is 0 Å². The van der Waals surface area contributed by atoms with E-state index in [4.69, 9.17) is 0 Å². The van der Waals surface area contributed by atoms with Gasteiger partial charge in [-0.15, -0.1) is 0 Å². The first-order valence-electron chi connectivity index (χ1n) is 7.86. The van der Waals surface area contributed by atoms with Crippen LogP contribution in [0.2, 0.25) is 0 Å². The number of nitrogens with zero attached hydrogens (tertiary/aromatic N) is 1. The zero-order valence-electron chi connectivity index (χ0n) is 14.6. The van der Waals surface area contributed by atoms with Crippen LogP contribution in [0.4, 0.5) is 0 Å². The third kappa shape index (κ3) is 6.27. The molecule has 0 aromatic carbocycles. The molecule has 0 aromatic heterocycles. The predicted octanol–water partition coefficient (Wildman–Crippen LogP) is 3.77. The SMILES string of the molecule is CC(C)(CNC(C)(C)C)CN1CCC(C(C)(C)C)C1. The molecule has 1 N–H and O–H groups in total. The van der Waals surface area contributed by atoms with Crippen LogP contribution in [0, 0.1) is 16.7 Å². The van der Waals surface area contributed by atoms with Gasteiger partial charge in [0.15, 0.2) is 0 Å². The molecule has 0 saturated carbocycles. The molecule has 1 aliphatic rings. The van der Waals surface area contributed by atoms with Crippen LogP contribution in [0.3, 0.4) is 0 Å². The van der Waals surface area contributed by atoms with Gasteiger partial charge in [0, 0.05) is 25.2 Å². The molecule has 1 heterocycles. The summed E-state index contributed by atoms with van der Waals surface area (Å²) >= 11 is 0. The fourth-order valence-electron chi connectivity index (χ4n) is 2.85. The van der Waals surface area contributed by atoms with E-state index in [9.17, 15) is 0 Å². The molecular formula is C17H36N2. The van der Waals surface area contributed by atoms with Gasteiger partial charge < -0.3 is 10.2 Å². The minimum absolute atomic E-state index is 0.218. The smallest absolute Gasteiger partial charge is 0.00967 e. The van der Waals surface area contributed by atoms with Gasteiger partial charge in [-0.25, -0.2) is 0 Å². The molecule has 0 spiro atoms. The largest absolute Gasteiger partial charge is 0.311 e. The summed E-state index contributed by atoms with van der Waals surface area (Å²) in [6.45, 7) is 23.5. The van der Waals surface area contributed by atoms with Gasteiger partial charge in [-0.2, -0.15) is 0 Å². The highest BCUT2D eigenvalue weighted by Crippen LogP contribution is 2.34. The Bertz CT molecular complexity index is 281. The van der Waals surface area contributed by atoms with E-state index >= 15 is 0 Å². The van der Waals surface area contributed by atoms with Crippen LogP contribution >= 0.6 is 0 Å². The fraction of sp³-hybridized carbons (Fsp3) is 1.00. The second-order valence-corrected chi connectivity index (χ2v) is 9.35. The first-order valence-corrected chi connectivity index (χ1v) is 7.86. The van der Waals surface area contributed by atoms with E-state index < -0.39 is 0 Å². The zero-order valence-corrected chi connectivity index (χ0v) is 14.6. The van der Waals surface area contributed by atoms with Crippen molar-refractivity contribution in [1.82, 2.24) is 10.2 Å². The Balaban J connectivity index is 2.43. The quantitative estimate of drug-likeness (QED) is 0.835. The van der Waals surface area contributed by atoms with Crippen LogP contribution in [-0.2, 0) is 0 Å². The fourth-order valence-corrected chi connectivity index (χ4v) is 2.85. The Morgan fingerprint density at radius 2 is 1.58 bits per heavy atom. The number of hydrogen-bond acceptors (Lipinski definition) is 2. The summed E-state index contributed by atoms with van der Waals surface area (Å²) in [5.41, 5.74) is 1.03. The van der Waals surface area contributed by atoms with Gasteiger partial charge in [0.2, 0.25) is 0 Å². The lowest BCUT2D eigenvalue weighted by Gasteiger charge is -2.34. The molecule has 1 rings (SSSR count). The van der Waals surface area contributed by atoms with Gasteiger partial charge in [0.25, 0.3) is 0 Å². The summed E-state index contributed by atoms with van der Waals surface area (Å²) in [6, 6.07) is 0. The highest BCUT2D eigenvalue weighted by molar-refractivity contribution is 4.87. The molecule has 1 saturated heterocycles. The van der Waals surface area contributed by atoms with Crippen molar-refractivity contribution in [3.8, 4) is 0 Å². The Morgan fingerprint density at radius 3 is 2.00 bits per heavy atom. The third-order valence-electron chi connectivity index (χ3n) is 4.25. The van der Waals surface area contributed by atoms with Crippen LogP contribution in [0.1, 0.15) is 61.8 Å². The van der Waals surface area contributed by atoms with Crippen molar-refractivity contribution in [2.24, 2.45) is 16.7 Å². The maximum atomic E-state index is 3.65. The monoisotopic (exact) mass is 268 g/mol. The molecule has 0 aliphatic carbocycles. The second kappa shape index (κ2) is 5.73. The van der Waals surface area contributed by atoms with Crippen molar-refractivity contribution >= 4 is 0 Å². The number of rotatable bonds is 4. The minimum Gasteiger partial charge on any atom is -0.311 e. The molecule has 0 amide bonds. The Hall–Kier alpha value is -0.0800. The highest BCUT2D eigenvalue weighted by atomic mass is 15.2. The van der Waals surface area contributed by atoms with Crippen molar-refractivity contribution in [3.05, 3.63) is 0 Å². The van der Waals surface area contributed by atoms with Crippen LogP contribution in [-0.4, -0.2) is 36.6 Å². The summed E-state index contributed by atoms with van der Waals surface area (Å²) in [5, 5.41) is 3.65. The molecule has 1 fully saturated rings. The Labute approximate surface area is 121 Å². The van der Waals surface area contributed by atoms with Gasteiger partial charge in [0.05, 0.1) is 0 Å². The maximum Gasteiger partial charge on any atom is 0.00967 e. The first kappa shape index (κ1) is 17.0. The summed E-state index contributed by atoms with van der Waals surface area (Å²) < 4.78 is 0. The predicted molar refractivity (Wildman–Crippen MR) is 85.5 cm³/mol. The van der Waals surface area contributed by atoms with E-state index in [1.807, 2.05) is 0 Å². The Morgan fingerprint density at radius 1 is 1.00 bits per heavy atom. The van der Waals surface area contributed by atoms with Crippen molar-refractivity contribution in [2.45, 2.75) is 67.3 Å². The van der Waals surface area contributed by atoms with Gasteiger partial charge in [0.1, 0.15) is 0 Å². The third-order valence-corrected chi connectivity index (χ3v) is 4.25. The number of nitrogens with one attached hydrogen (secondary N) is 1. The lowest BCUT2D eigenvalue weighted by atomic mass is 9.80. The van der Waals surface area contributed by atoms with E-state index in [1.54, 1.807) is 0 Å². The molecule has 1 unspecified atom stereocenters. The van der Waals surface area contributed by atoms with Crippen LogP contribution in [0.25, 0.3) is 0 Å². The molecule has 19 heavy (non-hydrogen) atoms. The van der Waals surface area contributed by atoms with Crippen LogP contribution in [0.5, 0.6) is 0 Å². The summed E-state index contributed by atoms with van der Waals surface area (Å²) in [7, 11) is 0. The summed E-state index contributed by atoms with van der Waals surface area (Å²) in [5.74, 6) is 0.860. The van der Waals surface area contributed by atoms with Crippen molar-refractivity contribution in [1.29, 1.82) is 0 Å². The van der Waals surface area contributed by atoms with E-state index in [1.165, 1.54) is 26.1 Å². The standard InChI is InChI=1S/C17H36N2/c1-15(2,3)14-9-10-19(11-14)13-17(7,8)12-18-16(4,5)6/h14,18H,9-13H2,1-8H3. The van der Waals surface area contributed by atoms with E-state index in [2.05, 4.69) is 65.6 Å². The van der Waals surface area contributed by atoms with Crippen molar-refractivity contribution < 1.29 is 0 Å². The first-order chi connectivity index (χ1) is 8.39. The molecule has 1 aliphatic heterocycles. The summed E-state index contributed by atoms with van der Waals surface area (Å²) in [6.07, 6.45) is 1.37. The minimum atomic E-state index is 0.218. The number of likely N-dealkylation sites (tertiary alicyclic amines) is 1. The van der Waals surface area contributed by atoms with Gasteiger partial charge in [-0.05, 0) is 50.5 Å². The molecule has 2 heteroatoms. The summed E-state index contributed by atoms with van der Waals surface area (Å²) in [4.78, 5) is 2.67. The molecule has 0 radical (unpaired) electrons. The number of hydrogen-bond donors (Lipinski definition) is 1. The second-order valence-electron chi connectivity index (χ2n) is 9.35. The molecule has 1 atom stereocenters. The molecule has 0 bridgehead atoms. The lowest BCUT2D eigenvalue weighted by Crippen LogP contribution is -2.46. The topological polar surface area (TPSA) is 15.3 Å².